The number of benzene rings is 3. The number of rotatable bonds is 9. The zero-order valence-electron chi connectivity index (χ0n) is 23.4. The van der Waals surface area contributed by atoms with Gasteiger partial charge in [0.15, 0.2) is 0 Å². The van der Waals surface area contributed by atoms with E-state index in [2.05, 4.69) is 70.2 Å². The summed E-state index contributed by atoms with van der Waals surface area (Å²) in [5.74, 6) is -0.811. The predicted octanol–water partition coefficient (Wildman–Crippen LogP) is 8.41. The van der Waals surface area contributed by atoms with Crippen LogP contribution in [0.15, 0.2) is 66.7 Å². The van der Waals surface area contributed by atoms with Crippen LogP contribution in [0, 0.1) is 13.8 Å². The van der Waals surface area contributed by atoms with Crippen molar-refractivity contribution in [1.82, 2.24) is 0 Å². The van der Waals surface area contributed by atoms with E-state index >= 15 is 0 Å². The van der Waals surface area contributed by atoms with E-state index in [1.54, 1.807) is 0 Å². The molecule has 3 heteroatoms. The van der Waals surface area contributed by atoms with E-state index in [-0.39, 0.29) is 11.8 Å². The third kappa shape index (κ3) is 5.94. The minimum absolute atomic E-state index is 0.0442. The molecule has 200 valence electrons. The highest BCUT2D eigenvalue weighted by atomic mass is 16.4. The van der Waals surface area contributed by atoms with Gasteiger partial charge in [-0.3, -0.25) is 4.79 Å². The molecule has 2 N–H and O–H groups in total. The molecule has 0 amide bonds. The molecule has 4 rings (SSSR count). The summed E-state index contributed by atoms with van der Waals surface area (Å²) in [5.41, 5.74) is 8.64. The lowest BCUT2D eigenvalue weighted by Gasteiger charge is -2.34. The van der Waals surface area contributed by atoms with E-state index < -0.39 is 11.6 Å². The maximum Gasteiger partial charge on any atom is 0.307 e. The van der Waals surface area contributed by atoms with Crippen molar-refractivity contribution in [3.05, 3.63) is 100 Å². The largest absolute Gasteiger partial charge is 0.481 e. The molecule has 1 fully saturated rings. The highest BCUT2D eigenvalue weighted by Crippen LogP contribution is 2.41. The molecule has 1 saturated carbocycles. The number of aliphatic carboxylic acids is 1. The monoisotopic (exact) mass is 510 g/mol. The fourth-order valence-electron chi connectivity index (χ4n) is 6.23. The molecule has 0 bridgehead atoms. The van der Waals surface area contributed by atoms with E-state index in [0.29, 0.717) is 0 Å². The highest BCUT2D eigenvalue weighted by Gasteiger charge is 2.31. The Morgan fingerprint density at radius 3 is 2.03 bits per heavy atom. The van der Waals surface area contributed by atoms with Gasteiger partial charge in [0.1, 0.15) is 0 Å². The zero-order valence-corrected chi connectivity index (χ0v) is 23.4. The van der Waals surface area contributed by atoms with E-state index in [1.165, 1.54) is 39.8 Å². The van der Waals surface area contributed by atoms with Gasteiger partial charge in [0.25, 0.3) is 0 Å². The average molecular weight is 511 g/mol. The quantitative estimate of drug-likeness (QED) is 0.304. The number of carboxylic acid groups (broad SMARTS) is 1. The molecule has 3 aromatic carbocycles. The Morgan fingerprint density at radius 1 is 0.868 bits per heavy atom. The van der Waals surface area contributed by atoms with Crippen molar-refractivity contribution in [2.45, 2.75) is 90.1 Å². The average Bonchev–Trinajstić information content (AvgIpc) is 2.90. The van der Waals surface area contributed by atoms with Crippen molar-refractivity contribution in [2.75, 3.05) is 0 Å². The fourth-order valence-corrected chi connectivity index (χ4v) is 6.23. The smallest absolute Gasteiger partial charge is 0.307 e. The van der Waals surface area contributed by atoms with Crippen LogP contribution in [0.5, 0.6) is 0 Å². The third-order valence-electron chi connectivity index (χ3n) is 8.72. The van der Waals surface area contributed by atoms with Gasteiger partial charge >= 0.3 is 5.97 Å². The van der Waals surface area contributed by atoms with Crippen molar-refractivity contribution >= 4 is 12.0 Å². The lowest BCUT2D eigenvalue weighted by molar-refractivity contribution is -0.136. The first-order chi connectivity index (χ1) is 18.2. The first kappa shape index (κ1) is 27.9. The molecular weight excluding hydrogens is 468 g/mol. The summed E-state index contributed by atoms with van der Waals surface area (Å²) in [5, 5.41) is 20.0. The number of aliphatic hydroxyl groups is 1. The summed E-state index contributed by atoms with van der Waals surface area (Å²) in [4.78, 5) is 11.0. The van der Waals surface area contributed by atoms with E-state index in [1.807, 2.05) is 30.3 Å². The summed E-state index contributed by atoms with van der Waals surface area (Å²) in [6, 6.07) is 21.5. The Bertz CT molecular complexity index is 1290. The van der Waals surface area contributed by atoms with Crippen molar-refractivity contribution in [1.29, 1.82) is 0 Å². The molecule has 0 heterocycles. The predicted molar refractivity (Wildman–Crippen MR) is 158 cm³/mol. The molecule has 38 heavy (non-hydrogen) atoms. The first-order valence-electron chi connectivity index (χ1n) is 14.1. The van der Waals surface area contributed by atoms with Crippen LogP contribution in [0.1, 0.15) is 92.2 Å². The second-order valence-corrected chi connectivity index (χ2v) is 11.2. The van der Waals surface area contributed by atoms with Crippen LogP contribution in [-0.2, 0) is 16.6 Å². The number of carboxylic acids is 1. The van der Waals surface area contributed by atoms with Crippen LogP contribution < -0.4 is 0 Å². The van der Waals surface area contributed by atoms with Gasteiger partial charge in [-0.05, 0) is 84.0 Å². The van der Waals surface area contributed by atoms with E-state index in [9.17, 15) is 9.90 Å². The Hall–Kier alpha value is -3.17. The highest BCUT2D eigenvalue weighted by molar-refractivity contribution is 5.72. The molecule has 0 atom stereocenters. The topological polar surface area (TPSA) is 57.5 Å². The summed E-state index contributed by atoms with van der Waals surface area (Å²) >= 11 is 0. The maximum absolute atomic E-state index is 11.0. The van der Waals surface area contributed by atoms with Crippen molar-refractivity contribution in [2.24, 2.45) is 0 Å². The number of hydrogen-bond donors (Lipinski definition) is 2. The molecule has 0 aliphatic heterocycles. The van der Waals surface area contributed by atoms with Gasteiger partial charge in [0, 0.05) is 5.41 Å². The van der Waals surface area contributed by atoms with Gasteiger partial charge in [0.2, 0.25) is 0 Å². The summed E-state index contributed by atoms with van der Waals surface area (Å²) < 4.78 is 0. The van der Waals surface area contributed by atoms with Gasteiger partial charge in [-0.15, -0.1) is 0 Å². The zero-order chi connectivity index (χ0) is 27.3. The number of hydrogen-bond acceptors (Lipinski definition) is 2. The molecule has 1 aliphatic rings. The molecule has 0 aromatic heterocycles. The molecule has 0 radical (unpaired) electrons. The van der Waals surface area contributed by atoms with Crippen molar-refractivity contribution in [3.63, 3.8) is 0 Å². The molecule has 0 unspecified atom stereocenters. The van der Waals surface area contributed by atoms with Crippen LogP contribution in [0.2, 0.25) is 0 Å². The maximum atomic E-state index is 11.0. The van der Waals surface area contributed by atoms with Crippen molar-refractivity contribution < 1.29 is 15.0 Å². The molecular formula is C35H42O3. The van der Waals surface area contributed by atoms with Gasteiger partial charge in [-0.25, -0.2) is 0 Å². The van der Waals surface area contributed by atoms with Crippen LogP contribution in [0.4, 0.5) is 0 Å². The SMILES string of the molecule is CCC(CC)(c1ccc(/C=C/C2(O)CCCCC2)c(C)c1)c1ccc(-c2ccc(CC(=O)O)cc2)c(C)c1. The second-order valence-electron chi connectivity index (χ2n) is 11.2. The first-order valence-corrected chi connectivity index (χ1v) is 14.1. The van der Waals surface area contributed by atoms with Gasteiger partial charge in [-0.1, -0.05) is 106 Å². The summed E-state index contributed by atoms with van der Waals surface area (Å²) in [6.45, 7) is 8.88. The number of carbonyl (C=O) groups is 1. The Balaban J connectivity index is 1.63. The molecule has 3 aromatic rings. The molecule has 3 nitrogen and oxygen atoms in total. The third-order valence-corrected chi connectivity index (χ3v) is 8.72. The Kier molecular flexibility index (Phi) is 8.57. The van der Waals surface area contributed by atoms with E-state index in [4.69, 9.17) is 5.11 Å². The lowest BCUT2D eigenvalue weighted by atomic mass is 9.69. The second kappa shape index (κ2) is 11.7. The van der Waals surface area contributed by atoms with Crippen LogP contribution in [0.25, 0.3) is 17.2 Å². The Morgan fingerprint density at radius 2 is 1.47 bits per heavy atom. The van der Waals surface area contributed by atoms with Gasteiger partial charge < -0.3 is 10.2 Å². The molecule has 1 aliphatic carbocycles. The van der Waals surface area contributed by atoms with Crippen molar-refractivity contribution in [3.8, 4) is 11.1 Å². The van der Waals surface area contributed by atoms with Gasteiger partial charge in [0.05, 0.1) is 12.0 Å². The lowest BCUT2D eigenvalue weighted by Crippen LogP contribution is -2.28. The Labute approximate surface area is 228 Å². The number of aryl methyl sites for hydroxylation is 2. The fraction of sp³-hybridized carbons (Fsp3) is 0.400. The molecule has 0 saturated heterocycles. The van der Waals surface area contributed by atoms with Gasteiger partial charge in [-0.2, -0.15) is 0 Å². The van der Waals surface area contributed by atoms with E-state index in [0.717, 1.165) is 49.7 Å². The minimum atomic E-state index is -0.811. The molecule has 0 spiro atoms. The van der Waals surface area contributed by atoms with Crippen LogP contribution in [-0.4, -0.2) is 21.8 Å². The van der Waals surface area contributed by atoms with Crippen LogP contribution >= 0.6 is 0 Å². The standard InChI is InChI=1S/C35H42O3/c1-5-35(6-2,30-15-14-28(25(3)22-30)18-21-34(38)19-8-7-9-20-34)31-16-17-32(26(4)23-31)29-12-10-27(11-13-29)24-33(36)37/h10-18,21-23,38H,5-9,19-20,24H2,1-4H3,(H,36,37)/b21-18+. The summed E-state index contributed by atoms with van der Waals surface area (Å²) in [6.07, 6.45) is 11.3. The van der Waals surface area contributed by atoms with Crippen LogP contribution in [0.3, 0.4) is 0 Å². The summed E-state index contributed by atoms with van der Waals surface area (Å²) in [7, 11) is 0. The minimum Gasteiger partial charge on any atom is -0.481 e. The normalized spacial score (nSPS) is 15.6.